The van der Waals surface area contributed by atoms with Gasteiger partial charge in [0.1, 0.15) is 11.5 Å². The molecule has 1 fully saturated rings. The zero-order valence-electron chi connectivity index (χ0n) is 12.2. The van der Waals surface area contributed by atoms with Crippen LogP contribution < -0.4 is 20.1 Å². The average Bonchev–Trinajstić information content (AvgIpc) is 2.47. The number of hydrogen-bond donors (Lipinski definition) is 2. The lowest BCUT2D eigenvalue weighted by Gasteiger charge is -2.28. The molecular weight excluding hydrogens is 256 g/mol. The molecule has 0 saturated carbocycles. The van der Waals surface area contributed by atoms with Gasteiger partial charge in [0.05, 0.1) is 25.9 Å². The number of benzene rings is 1. The predicted octanol–water partition coefficient (Wildman–Crippen LogP) is 2.17. The molecule has 2 rings (SSSR count). The van der Waals surface area contributed by atoms with E-state index in [0.717, 1.165) is 19.3 Å². The number of ether oxygens (including phenoxy) is 2. The smallest absolute Gasteiger partial charge is 0.241 e. The Morgan fingerprint density at radius 2 is 2.10 bits per heavy atom. The molecule has 0 aromatic heterocycles. The van der Waals surface area contributed by atoms with Crippen LogP contribution >= 0.6 is 0 Å². The molecule has 1 aromatic rings. The normalized spacial score (nSPS) is 22.1. The van der Waals surface area contributed by atoms with Crippen LogP contribution in [0.4, 0.5) is 5.69 Å². The summed E-state index contributed by atoms with van der Waals surface area (Å²) in [4.78, 5) is 12.3. The van der Waals surface area contributed by atoms with Gasteiger partial charge in [0.2, 0.25) is 5.91 Å². The number of carbonyl (C=O) groups excluding carboxylic acids is 1. The summed E-state index contributed by atoms with van der Waals surface area (Å²) in [5.41, 5.74) is 0.665. The van der Waals surface area contributed by atoms with Gasteiger partial charge in [-0.2, -0.15) is 0 Å². The molecule has 110 valence electrons. The largest absolute Gasteiger partial charge is 0.497 e. The lowest BCUT2D eigenvalue weighted by molar-refractivity contribution is -0.118. The maximum absolute atomic E-state index is 12.3. The fourth-order valence-corrected chi connectivity index (χ4v) is 2.47. The van der Waals surface area contributed by atoms with Crippen LogP contribution in [0.1, 0.15) is 26.2 Å². The summed E-state index contributed by atoms with van der Waals surface area (Å²) in [5, 5.41) is 6.24. The lowest BCUT2D eigenvalue weighted by atomic mass is 9.99. The highest BCUT2D eigenvalue weighted by Gasteiger charge is 2.24. The van der Waals surface area contributed by atoms with Crippen molar-refractivity contribution in [3.8, 4) is 11.5 Å². The molecular formula is C15H22N2O3. The summed E-state index contributed by atoms with van der Waals surface area (Å²) in [7, 11) is 3.17. The zero-order chi connectivity index (χ0) is 14.5. The minimum atomic E-state index is -0.134. The summed E-state index contributed by atoms with van der Waals surface area (Å²) in [6.07, 6.45) is 3.07. The van der Waals surface area contributed by atoms with Crippen molar-refractivity contribution in [2.24, 2.45) is 0 Å². The fraction of sp³-hybridized carbons (Fsp3) is 0.533. The third kappa shape index (κ3) is 3.42. The molecule has 20 heavy (non-hydrogen) atoms. The first-order chi connectivity index (χ1) is 9.63. The average molecular weight is 278 g/mol. The highest BCUT2D eigenvalue weighted by molar-refractivity contribution is 5.96. The van der Waals surface area contributed by atoms with Gasteiger partial charge in [-0.05, 0) is 38.3 Å². The van der Waals surface area contributed by atoms with Crippen molar-refractivity contribution in [1.29, 1.82) is 0 Å². The molecule has 0 aliphatic carbocycles. The van der Waals surface area contributed by atoms with Crippen molar-refractivity contribution in [3.63, 3.8) is 0 Å². The van der Waals surface area contributed by atoms with E-state index in [1.165, 1.54) is 0 Å². The molecule has 1 aromatic carbocycles. The van der Waals surface area contributed by atoms with Crippen molar-refractivity contribution < 1.29 is 14.3 Å². The molecule has 1 amide bonds. The molecule has 0 bridgehead atoms. The molecule has 1 saturated heterocycles. The minimum Gasteiger partial charge on any atom is -0.497 e. The number of anilines is 1. The molecule has 2 unspecified atom stereocenters. The maximum atomic E-state index is 12.3. The lowest BCUT2D eigenvalue weighted by Crippen LogP contribution is -2.47. The van der Waals surface area contributed by atoms with E-state index in [-0.39, 0.29) is 11.9 Å². The van der Waals surface area contributed by atoms with Crippen molar-refractivity contribution in [2.75, 3.05) is 19.5 Å². The van der Waals surface area contributed by atoms with E-state index in [0.29, 0.717) is 23.2 Å². The molecule has 2 atom stereocenters. The SMILES string of the molecule is COc1ccc(NC(=O)C2CCCC(C)N2)c(OC)c1. The van der Waals surface area contributed by atoms with Crippen LogP contribution in [0, 0.1) is 0 Å². The minimum absolute atomic E-state index is 0.0139. The summed E-state index contributed by atoms with van der Waals surface area (Å²) >= 11 is 0. The summed E-state index contributed by atoms with van der Waals surface area (Å²) in [6.45, 7) is 2.10. The second-order valence-corrected chi connectivity index (χ2v) is 5.11. The standard InChI is InChI=1S/C15H22N2O3/c1-10-5-4-6-13(16-10)15(18)17-12-8-7-11(19-2)9-14(12)20-3/h7-10,13,16H,4-6H2,1-3H3,(H,17,18). The quantitative estimate of drug-likeness (QED) is 0.886. The van der Waals surface area contributed by atoms with Gasteiger partial charge >= 0.3 is 0 Å². The Labute approximate surface area is 119 Å². The van der Waals surface area contributed by atoms with Crippen LogP contribution in [0.2, 0.25) is 0 Å². The van der Waals surface area contributed by atoms with E-state index >= 15 is 0 Å². The van der Waals surface area contributed by atoms with Gasteiger partial charge in [-0.3, -0.25) is 4.79 Å². The Bertz CT molecular complexity index is 476. The number of carbonyl (C=O) groups is 1. The van der Waals surface area contributed by atoms with Gasteiger partial charge in [-0.15, -0.1) is 0 Å². The molecule has 0 radical (unpaired) electrons. The van der Waals surface area contributed by atoms with Crippen LogP contribution in [-0.4, -0.2) is 32.2 Å². The van der Waals surface area contributed by atoms with Gasteiger partial charge in [-0.1, -0.05) is 0 Å². The molecule has 2 N–H and O–H groups in total. The van der Waals surface area contributed by atoms with Gasteiger partial charge < -0.3 is 20.1 Å². The van der Waals surface area contributed by atoms with Crippen molar-refractivity contribution in [3.05, 3.63) is 18.2 Å². The Balaban J connectivity index is 2.07. The van der Waals surface area contributed by atoms with Gasteiger partial charge in [-0.25, -0.2) is 0 Å². The molecule has 0 spiro atoms. The van der Waals surface area contributed by atoms with Crippen LogP contribution in [0.25, 0.3) is 0 Å². The topological polar surface area (TPSA) is 59.6 Å². The van der Waals surface area contributed by atoms with Crippen LogP contribution in [-0.2, 0) is 4.79 Å². The van der Waals surface area contributed by atoms with Gasteiger partial charge in [0.15, 0.2) is 0 Å². The zero-order valence-corrected chi connectivity index (χ0v) is 12.2. The Kier molecular flexibility index (Phi) is 4.84. The molecule has 5 heteroatoms. The number of amides is 1. The number of nitrogens with one attached hydrogen (secondary N) is 2. The molecule has 1 aliphatic heterocycles. The number of hydrogen-bond acceptors (Lipinski definition) is 4. The number of methoxy groups -OCH3 is 2. The molecule has 5 nitrogen and oxygen atoms in total. The third-order valence-electron chi connectivity index (χ3n) is 3.60. The summed E-state index contributed by atoms with van der Waals surface area (Å²) in [6, 6.07) is 5.60. The highest BCUT2D eigenvalue weighted by atomic mass is 16.5. The Hall–Kier alpha value is -1.75. The number of piperidine rings is 1. The van der Waals surface area contributed by atoms with E-state index in [4.69, 9.17) is 9.47 Å². The van der Waals surface area contributed by atoms with Gasteiger partial charge in [0, 0.05) is 12.1 Å². The second kappa shape index (κ2) is 6.61. The highest BCUT2D eigenvalue weighted by Crippen LogP contribution is 2.29. The van der Waals surface area contributed by atoms with Crippen molar-refractivity contribution in [1.82, 2.24) is 5.32 Å². The Morgan fingerprint density at radius 1 is 1.30 bits per heavy atom. The van der Waals surface area contributed by atoms with Crippen LogP contribution in [0.15, 0.2) is 18.2 Å². The van der Waals surface area contributed by atoms with Crippen LogP contribution in [0.5, 0.6) is 11.5 Å². The summed E-state index contributed by atoms with van der Waals surface area (Å²) in [5.74, 6) is 1.28. The fourth-order valence-electron chi connectivity index (χ4n) is 2.47. The van der Waals surface area contributed by atoms with Crippen molar-refractivity contribution >= 4 is 11.6 Å². The van der Waals surface area contributed by atoms with E-state index in [9.17, 15) is 4.79 Å². The monoisotopic (exact) mass is 278 g/mol. The van der Waals surface area contributed by atoms with E-state index in [1.807, 2.05) is 0 Å². The van der Waals surface area contributed by atoms with E-state index in [1.54, 1.807) is 32.4 Å². The Morgan fingerprint density at radius 3 is 2.75 bits per heavy atom. The number of rotatable bonds is 4. The maximum Gasteiger partial charge on any atom is 0.241 e. The predicted molar refractivity (Wildman–Crippen MR) is 78.4 cm³/mol. The first-order valence-electron chi connectivity index (χ1n) is 6.93. The molecule has 1 heterocycles. The molecule has 1 aliphatic rings. The van der Waals surface area contributed by atoms with Crippen molar-refractivity contribution in [2.45, 2.75) is 38.3 Å². The first kappa shape index (κ1) is 14.7. The summed E-state index contributed by atoms with van der Waals surface area (Å²) < 4.78 is 10.4. The van der Waals surface area contributed by atoms with E-state index < -0.39 is 0 Å². The van der Waals surface area contributed by atoms with Crippen LogP contribution in [0.3, 0.4) is 0 Å². The first-order valence-corrected chi connectivity index (χ1v) is 6.93. The van der Waals surface area contributed by atoms with Gasteiger partial charge in [0.25, 0.3) is 0 Å². The second-order valence-electron chi connectivity index (χ2n) is 5.11. The van der Waals surface area contributed by atoms with E-state index in [2.05, 4.69) is 17.6 Å². The third-order valence-corrected chi connectivity index (χ3v) is 3.60.